The van der Waals surface area contributed by atoms with Gasteiger partial charge >= 0.3 is 0 Å². The van der Waals surface area contributed by atoms with Crippen LogP contribution < -0.4 is 10.6 Å². The molecule has 0 aliphatic carbocycles. The van der Waals surface area contributed by atoms with Crippen molar-refractivity contribution in [2.75, 3.05) is 6.54 Å². The predicted octanol–water partition coefficient (Wildman–Crippen LogP) is 0.722. The Bertz CT molecular complexity index is 351. The molecule has 5 nitrogen and oxygen atoms in total. The van der Waals surface area contributed by atoms with Crippen molar-refractivity contribution in [1.82, 2.24) is 20.8 Å². The van der Waals surface area contributed by atoms with Crippen LogP contribution in [0.1, 0.15) is 32.0 Å². The van der Waals surface area contributed by atoms with E-state index in [0.717, 1.165) is 11.3 Å². The number of aromatic nitrogens is 2. The van der Waals surface area contributed by atoms with Crippen molar-refractivity contribution in [1.29, 1.82) is 0 Å². The second-order valence-electron chi connectivity index (χ2n) is 4.90. The zero-order chi connectivity index (χ0) is 12.2. The Kier molecular flexibility index (Phi) is 4.06. The first kappa shape index (κ1) is 12.7. The summed E-state index contributed by atoms with van der Waals surface area (Å²) in [4.78, 5) is 11.5. The minimum atomic E-state index is -0.0388. The van der Waals surface area contributed by atoms with Gasteiger partial charge in [-0.1, -0.05) is 0 Å². The molecule has 1 aromatic heterocycles. The summed E-state index contributed by atoms with van der Waals surface area (Å²) in [6.07, 6.45) is 1.73. The Hall–Kier alpha value is -1.36. The Balaban J connectivity index is 2.29. The summed E-state index contributed by atoms with van der Waals surface area (Å²) >= 11 is 0. The van der Waals surface area contributed by atoms with Crippen LogP contribution in [-0.4, -0.2) is 28.2 Å². The summed E-state index contributed by atoms with van der Waals surface area (Å²) in [5, 5.41) is 12.7. The molecule has 0 radical (unpaired) electrons. The van der Waals surface area contributed by atoms with Gasteiger partial charge in [0.2, 0.25) is 5.91 Å². The number of H-pyrrole nitrogens is 1. The van der Waals surface area contributed by atoms with E-state index in [1.165, 1.54) is 0 Å². The number of aromatic amines is 1. The zero-order valence-corrected chi connectivity index (χ0v) is 10.3. The van der Waals surface area contributed by atoms with Gasteiger partial charge < -0.3 is 10.6 Å². The molecule has 1 heterocycles. The van der Waals surface area contributed by atoms with Crippen molar-refractivity contribution >= 4 is 5.91 Å². The van der Waals surface area contributed by atoms with Gasteiger partial charge in [0.25, 0.3) is 0 Å². The lowest BCUT2D eigenvalue weighted by atomic mass is 10.1. The van der Waals surface area contributed by atoms with Crippen LogP contribution in [0.3, 0.4) is 0 Å². The normalized spacial score (nSPS) is 11.5. The molecule has 0 saturated carbocycles. The molecule has 3 N–H and O–H groups in total. The Morgan fingerprint density at radius 3 is 2.69 bits per heavy atom. The Morgan fingerprint density at radius 2 is 2.19 bits per heavy atom. The van der Waals surface area contributed by atoms with Crippen LogP contribution in [0, 0.1) is 6.92 Å². The maximum absolute atomic E-state index is 11.5. The number of amides is 1. The van der Waals surface area contributed by atoms with E-state index in [1.54, 1.807) is 6.20 Å². The van der Waals surface area contributed by atoms with Crippen LogP contribution in [0.2, 0.25) is 0 Å². The predicted molar refractivity (Wildman–Crippen MR) is 62.9 cm³/mol. The Labute approximate surface area is 96.0 Å². The van der Waals surface area contributed by atoms with Gasteiger partial charge in [-0.3, -0.25) is 9.89 Å². The number of nitrogens with one attached hydrogen (secondary N) is 3. The molecule has 16 heavy (non-hydrogen) atoms. The number of hydrogen-bond donors (Lipinski definition) is 3. The van der Waals surface area contributed by atoms with Gasteiger partial charge in [0.1, 0.15) is 0 Å². The molecule has 0 unspecified atom stereocenters. The van der Waals surface area contributed by atoms with Crippen LogP contribution in [0.25, 0.3) is 0 Å². The Morgan fingerprint density at radius 1 is 1.50 bits per heavy atom. The monoisotopic (exact) mass is 224 g/mol. The summed E-state index contributed by atoms with van der Waals surface area (Å²) in [6.45, 7) is 8.87. The van der Waals surface area contributed by atoms with Crippen molar-refractivity contribution < 1.29 is 4.79 Å². The van der Waals surface area contributed by atoms with Crippen LogP contribution in [0.5, 0.6) is 0 Å². The molecule has 1 rings (SSSR count). The van der Waals surface area contributed by atoms with Gasteiger partial charge in [-0.05, 0) is 27.7 Å². The molecule has 0 spiro atoms. The maximum Gasteiger partial charge on any atom is 0.234 e. The summed E-state index contributed by atoms with van der Waals surface area (Å²) in [5.41, 5.74) is 1.97. The molecule has 0 aliphatic heterocycles. The number of nitrogens with zero attached hydrogens (tertiary/aromatic N) is 1. The van der Waals surface area contributed by atoms with E-state index in [0.29, 0.717) is 13.1 Å². The average molecular weight is 224 g/mol. The van der Waals surface area contributed by atoms with Crippen LogP contribution in [0.4, 0.5) is 0 Å². The van der Waals surface area contributed by atoms with Gasteiger partial charge in [0, 0.05) is 23.3 Å². The molecule has 0 bridgehead atoms. The number of aryl methyl sites for hydroxylation is 1. The highest BCUT2D eigenvalue weighted by atomic mass is 16.1. The van der Waals surface area contributed by atoms with E-state index in [-0.39, 0.29) is 11.4 Å². The van der Waals surface area contributed by atoms with Crippen molar-refractivity contribution in [2.24, 2.45) is 0 Å². The summed E-state index contributed by atoms with van der Waals surface area (Å²) in [6, 6.07) is 0. The lowest BCUT2D eigenvalue weighted by molar-refractivity contribution is -0.120. The maximum atomic E-state index is 11.5. The summed E-state index contributed by atoms with van der Waals surface area (Å²) in [5.74, 6) is -0.00414. The van der Waals surface area contributed by atoms with Gasteiger partial charge in [0.05, 0.1) is 12.7 Å². The molecule has 90 valence electrons. The third-order valence-electron chi connectivity index (χ3n) is 2.19. The zero-order valence-electron chi connectivity index (χ0n) is 10.3. The van der Waals surface area contributed by atoms with Gasteiger partial charge in [-0.25, -0.2) is 0 Å². The fraction of sp³-hybridized carbons (Fsp3) is 0.636. The number of hydrogen-bond acceptors (Lipinski definition) is 3. The lowest BCUT2D eigenvalue weighted by Gasteiger charge is -2.19. The number of rotatable bonds is 4. The third kappa shape index (κ3) is 4.44. The van der Waals surface area contributed by atoms with Crippen molar-refractivity contribution in [2.45, 2.75) is 39.8 Å². The molecule has 1 amide bonds. The fourth-order valence-electron chi connectivity index (χ4n) is 1.16. The van der Waals surface area contributed by atoms with Crippen LogP contribution in [-0.2, 0) is 11.3 Å². The van der Waals surface area contributed by atoms with Gasteiger partial charge in [-0.15, -0.1) is 0 Å². The van der Waals surface area contributed by atoms with E-state index in [2.05, 4.69) is 20.8 Å². The van der Waals surface area contributed by atoms with Crippen LogP contribution in [0.15, 0.2) is 6.20 Å². The standard InChI is InChI=1S/C11H20N4O/c1-8-9(6-14-15-8)5-12-10(16)7-13-11(2,3)4/h6,13H,5,7H2,1-4H3,(H,12,16)(H,14,15). The highest BCUT2D eigenvalue weighted by Gasteiger charge is 2.11. The highest BCUT2D eigenvalue weighted by Crippen LogP contribution is 2.01. The molecule has 0 atom stereocenters. The molecule has 1 aromatic rings. The number of carbonyl (C=O) groups is 1. The first-order chi connectivity index (χ1) is 7.38. The topological polar surface area (TPSA) is 69.8 Å². The lowest BCUT2D eigenvalue weighted by Crippen LogP contribution is -2.43. The largest absolute Gasteiger partial charge is 0.351 e. The van der Waals surface area contributed by atoms with Gasteiger partial charge in [0.15, 0.2) is 0 Å². The third-order valence-corrected chi connectivity index (χ3v) is 2.19. The SMILES string of the molecule is Cc1[nH]ncc1CNC(=O)CNC(C)(C)C. The highest BCUT2D eigenvalue weighted by molar-refractivity contribution is 5.78. The minimum absolute atomic E-state index is 0.00414. The van der Waals surface area contributed by atoms with E-state index < -0.39 is 0 Å². The molecule has 0 fully saturated rings. The van der Waals surface area contributed by atoms with E-state index >= 15 is 0 Å². The fourth-order valence-corrected chi connectivity index (χ4v) is 1.16. The first-order valence-electron chi connectivity index (χ1n) is 5.39. The molecular formula is C11H20N4O. The molecule has 0 saturated heterocycles. The quantitative estimate of drug-likeness (QED) is 0.706. The van der Waals surface area contributed by atoms with E-state index in [4.69, 9.17) is 0 Å². The average Bonchev–Trinajstić information content (AvgIpc) is 2.57. The minimum Gasteiger partial charge on any atom is -0.351 e. The smallest absolute Gasteiger partial charge is 0.234 e. The summed E-state index contributed by atoms with van der Waals surface area (Å²) in [7, 11) is 0. The van der Waals surface area contributed by atoms with Crippen LogP contribution >= 0.6 is 0 Å². The first-order valence-corrected chi connectivity index (χ1v) is 5.39. The molecule has 0 aliphatic rings. The molecule has 5 heteroatoms. The summed E-state index contributed by atoms with van der Waals surface area (Å²) < 4.78 is 0. The van der Waals surface area contributed by atoms with Crippen molar-refractivity contribution in [3.05, 3.63) is 17.5 Å². The van der Waals surface area contributed by atoms with E-state index in [9.17, 15) is 4.79 Å². The number of carbonyl (C=O) groups excluding carboxylic acids is 1. The second kappa shape index (κ2) is 5.12. The molecular weight excluding hydrogens is 204 g/mol. The van der Waals surface area contributed by atoms with Crippen molar-refractivity contribution in [3.63, 3.8) is 0 Å². The molecule has 0 aromatic carbocycles. The van der Waals surface area contributed by atoms with E-state index in [1.807, 2.05) is 27.7 Å². The second-order valence-corrected chi connectivity index (χ2v) is 4.90. The van der Waals surface area contributed by atoms with Crippen molar-refractivity contribution in [3.8, 4) is 0 Å². The van der Waals surface area contributed by atoms with Gasteiger partial charge in [-0.2, -0.15) is 5.10 Å².